The second kappa shape index (κ2) is 9.73. The first-order valence-electron chi connectivity index (χ1n) is 9.64. The molecule has 0 saturated carbocycles. The highest BCUT2D eigenvalue weighted by atomic mass is 79.9. The van der Waals surface area contributed by atoms with Gasteiger partial charge in [0.1, 0.15) is 5.82 Å². The minimum atomic E-state index is -0.387. The summed E-state index contributed by atoms with van der Waals surface area (Å²) in [6.07, 6.45) is 3.25. The average Bonchev–Trinajstić information content (AvgIpc) is 3.04. The number of H-pyrrole nitrogens is 1. The summed E-state index contributed by atoms with van der Waals surface area (Å²) in [4.78, 5) is 27.4. The lowest BCUT2D eigenvalue weighted by Crippen LogP contribution is -2.37. The van der Waals surface area contributed by atoms with Gasteiger partial charge in [0.25, 0.3) is 11.8 Å². The van der Waals surface area contributed by atoms with Gasteiger partial charge in [-0.05, 0) is 80.3 Å². The van der Waals surface area contributed by atoms with Crippen molar-refractivity contribution in [1.29, 1.82) is 0 Å². The molecule has 29 heavy (non-hydrogen) atoms. The van der Waals surface area contributed by atoms with E-state index >= 15 is 0 Å². The van der Waals surface area contributed by atoms with Crippen LogP contribution in [0.1, 0.15) is 47.0 Å². The summed E-state index contributed by atoms with van der Waals surface area (Å²) in [6.45, 7) is 4.21. The highest BCUT2D eigenvalue weighted by Crippen LogP contribution is 2.26. The number of likely N-dealkylation sites (tertiary alicyclic amines) is 1. The van der Waals surface area contributed by atoms with Crippen molar-refractivity contribution in [2.24, 2.45) is 5.92 Å². The van der Waals surface area contributed by atoms with Gasteiger partial charge >= 0.3 is 0 Å². The van der Waals surface area contributed by atoms with Crippen molar-refractivity contribution in [3.05, 3.63) is 45.0 Å². The van der Waals surface area contributed by atoms with E-state index in [-0.39, 0.29) is 23.6 Å². The summed E-state index contributed by atoms with van der Waals surface area (Å²) < 4.78 is 0.405. The first kappa shape index (κ1) is 21.8. The number of halogens is 2. The SMILES string of the molecule is CC(CC1CCN(C)CC1)NC(=O)c1n[nH]c(NC(=O)c2ccccc2Cl)c1Br. The van der Waals surface area contributed by atoms with E-state index < -0.39 is 0 Å². The van der Waals surface area contributed by atoms with Crippen molar-refractivity contribution >= 4 is 45.2 Å². The molecule has 9 heteroatoms. The van der Waals surface area contributed by atoms with Crippen LogP contribution < -0.4 is 10.6 Å². The molecule has 2 heterocycles. The summed E-state index contributed by atoms with van der Waals surface area (Å²) in [5, 5.41) is 12.8. The van der Waals surface area contributed by atoms with Gasteiger partial charge in [-0.25, -0.2) is 0 Å². The average molecular weight is 483 g/mol. The Morgan fingerprint density at radius 2 is 2.00 bits per heavy atom. The molecule has 0 aliphatic carbocycles. The third-order valence-electron chi connectivity index (χ3n) is 5.18. The number of aromatic amines is 1. The molecule has 2 amide bonds. The molecular formula is C20H25BrClN5O2. The van der Waals surface area contributed by atoms with E-state index in [1.807, 2.05) is 6.92 Å². The molecule has 1 fully saturated rings. The van der Waals surface area contributed by atoms with Crippen LogP contribution in [0.15, 0.2) is 28.7 Å². The molecule has 0 spiro atoms. The lowest BCUT2D eigenvalue weighted by atomic mass is 9.91. The van der Waals surface area contributed by atoms with E-state index in [0.29, 0.717) is 26.8 Å². The Bertz CT molecular complexity index is 880. The minimum absolute atomic E-state index is 0.0423. The molecule has 1 unspecified atom stereocenters. The Morgan fingerprint density at radius 1 is 1.31 bits per heavy atom. The third-order valence-corrected chi connectivity index (χ3v) is 6.28. The van der Waals surface area contributed by atoms with Gasteiger partial charge in [0.05, 0.1) is 15.1 Å². The first-order chi connectivity index (χ1) is 13.8. The highest BCUT2D eigenvalue weighted by Gasteiger charge is 2.23. The number of hydrogen-bond acceptors (Lipinski definition) is 4. The van der Waals surface area contributed by atoms with Crippen LogP contribution in [0.3, 0.4) is 0 Å². The summed E-state index contributed by atoms with van der Waals surface area (Å²) in [7, 11) is 2.14. The Balaban J connectivity index is 1.59. The predicted octanol–water partition coefficient (Wildman–Crippen LogP) is 3.93. The van der Waals surface area contributed by atoms with E-state index in [1.54, 1.807) is 24.3 Å². The molecule has 1 aliphatic rings. The first-order valence-corrected chi connectivity index (χ1v) is 10.8. The Hall–Kier alpha value is -1.90. The lowest BCUT2D eigenvalue weighted by molar-refractivity contribution is 0.0923. The van der Waals surface area contributed by atoms with E-state index in [9.17, 15) is 9.59 Å². The van der Waals surface area contributed by atoms with E-state index in [2.05, 4.69) is 48.7 Å². The molecule has 3 N–H and O–H groups in total. The van der Waals surface area contributed by atoms with Gasteiger partial charge in [0, 0.05) is 6.04 Å². The standard InChI is InChI=1S/C20H25BrClN5O2/c1-12(11-13-7-9-27(2)10-8-13)23-20(29)17-16(21)18(26-25-17)24-19(28)14-5-3-4-6-15(14)22/h3-6,12-13H,7-11H2,1-2H3,(H,23,29)(H2,24,25,26,28). The van der Waals surface area contributed by atoms with E-state index in [1.165, 1.54) is 0 Å². The van der Waals surface area contributed by atoms with Gasteiger partial charge in [-0.15, -0.1) is 0 Å². The molecule has 1 atom stereocenters. The molecule has 156 valence electrons. The summed E-state index contributed by atoms with van der Waals surface area (Å²) >= 11 is 9.42. The predicted molar refractivity (Wildman–Crippen MR) is 117 cm³/mol. The highest BCUT2D eigenvalue weighted by molar-refractivity contribution is 9.10. The third kappa shape index (κ3) is 5.58. The molecule has 1 aromatic heterocycles. The zero-order valence-electron chi connectivity index (χ0n) is 16.5. The molecule has 2 aromatic rings. The minimum Gasteiger partial charge on any atom is -0.348 e. The number of aromatic nitrogens is 2. The second-order valence-electron chi connectivity index (χ2n) is 7.55. The maximum Gasteiger partial charge on any atom is 0.273 e. The van der Waals surface area contributed by atoms with Crippen molar-refractivity contribution in [2.45, 2.75) is 32.2 Å². The second-order valence-corrected chi connectivity index (χ2v) is 8.75. The van der Waals surface area contributed by atoms with Crippen LogP contribution in [-0.4, -0.2) is 53.1 Å². The maximum absolute atomic E-state index is 12.6. The van der Waals surface area contributed by atoms with E-state index in [4.69, 9.17) is 11.6 Å². The number of rotatable bonds is 6. The van der Waals surface area contributed by atoms with Gasteiger partial charge in [0.15, 0.2) is 5.69 Å². The van der Waals surface area contributed by atoms with Crippen LogP contribution in [0.25, 0.3) is 0 Å². The fourth-order valence-corrected chi connectivity index (χ4v) is 4.21. The molecule has 0 radical (unpaired) electrons. The smallest absolute Gasteiger partial charge is 0.273 e. The van der Waals surface area contributed by atoms with E-state index in [0.717, 1.165) is 32.4 Å². The molecule has 3 rings (SSSR count). The van der Waals surface area contributed by atoms with Gasteiger partial charge in [0.2, 0.25) is 0 Å². The fraction of sp³-hybridized carbons (Fsp3) is 0.450. The summed E-state index contributed by atoms with van der Waals surface area (Å²) in [5.74, 6) is 0.256. The number of carbonyl (C=O) groups is 2. The van der Waals surface area contributed by atoms with Crippen molar-refractivity contribution < 1.29 is 9.59 Å². The van der Waals surface area contributed by atoms with Crippen LogP contribution in [0.4, 0.5) is 5.82 Å². The van der Waals surface area contributed by atoms with Crippen molar-refractivity contribution in [2.75, 3.05) is 25.5 Å². The van der Waals surface area contributed by atoms with Crippen LogP contribution in [0.2, 0.25) is 5.02 Å². The van der Waals surface area contributed by atoms with Gasteiger partial charge < -0.3 is 15.5 Å². The summed E-state index contributed by atoms with van der Waals surface area (Å²) in [6, 6.07) is 6.79. The zero-order chi connectivity index (χ0) is 21.0. The van der Waals surface area contributed by atoms with Crippen molar-refractivity contribution in [1.82, 2.24) is 20.4 Å². The molecule has 0 bridgehead atoms. The maximum atomic E-state index is 12.6. The topological polar surface area (TPSA) is 90.1 Å². The van der Waals surface area contributed by atoms with Crippen LogP contribution in [-0.2, 0) is 0 Å². The number of carbonyl (C=O) groups excluding carboxylic acids is 2. The quantitative estimate of drug-likeness (QED) is 0.582. The fourth-order valence-electron chi connectivity index (χ4n) is 3.54. The lowest BCUT2D eigenvalue weighted by Gasteiger charge is -2.30. The molecule has 1 saturated heterocycles. The number of nitrogens with one attached hydrogen (secondary N) is 3. The molecule has 1 aromatic carbocycles. The van der Waals surface area contributed by atoms with Gasteiger partial charge in [-0.2, -0.15) is 5.10 Å². The number of amides is 2. The van der Waals surface area contributed by atoms with Crippen molar-refractivity contribution in [3.8, 4) is 0 Å². The number of anilines is 1. The number of hydrogen-bond donors (Lipinski definition) is 3. The van der Waals surface area contributed by atoms with Gasteiger partial charge in [-0.1, -0.05) is 23.7 Å². The van der Waals surface area contributed by atoms with Crippen molar-refractivity contribution in [3.63, 3.8) is 0 Å². The summed E-state index contributed by atoms with van der Waals surface area (Å²) in [5.41, 5.74) is 0.545. The monoisotopic (exact) mass is 481 g/mol. The normalized spacial score (nSPS) is 16.4. The zero-order valence-corrected chi connectivity index (χ0v) is 18.8. The Kier molecular flexibility index (Phi) is 7.32. The van der Waals surface area contributed by atoms with Gasteiger partial charge in [-0.3, -0.25) is 14.7 Å². The number of piperidine rings is 1. The van der Waals surface area contributed by atoms with Crippen LogP contribution >= 0.6 is 27.5 Å². The Morgan fingerprint density at radius 3 is 2.69 bits per heavy atom. The Labute approximate surface area is 183 Å². The van der Waals surface area contributed by atoms with Crippen LogP contribution in [0.5, 0.6) is 0 Å². The largest absolute Gasteiger partial charge is 0.348 e. The number of benzene rings is 1. The molecule has 1 aliphatic heterocycles. The van der Waals surface area contributed by atoms with Crippen LogP contribution in [0, 0.1) is 5.92 Å². The number of nitrogens with zero attached hydrogens (tertiary/aromatic N) is 2. The molecule has 7 nitrogen and oxygen atoms in total. The molecular weight excluding hydrogens is 458 g/mol.